The first-order valence-corrected chi connectivity index (χ1v) is 5.63. The maximum absolute atomic E-state index is 3.64. The number of allylic oxidation sites excluding steroid dienone is 1. The van der Waals surface area contributed by atoms with Crippen LogP contribution in [-0.2, 0) is 0 Å². The van der Waals surface area contributed by atoms with Gasteiger partial charge in [0, 0.05) is 0 Å². The fourth-order valence-electron chi connectivity index (χ4n) is 2.74. The highest BCUT2D eigenvalue weighted by atomic mass is 14.4. The minimum absolute atomic E-state index is 0.911. The van der Waals surface area contributed by atoms with Gasteiger partial charge < -0.3 is 0 Å². The van der Waals surface area contributed by atoms with Crippen molar-refractivity contribution in [3.05, 3.63) is 18.4 Å². The fourth-order valence-corrected chi connectivity index (χ4v) is 2.74. The van der Waals surface area contributed by atoms with E-state index in [1.54, 1.807) is 0 Å². The third-order valence-electron chi connectivity index (χ3n) is 3.52. The average molecular weight is 178 g/mol. The van der Waals surface area contributed by atoms with Crippen LogP contribution in [0, 0.1) is 17.8 Å². The summed E-state index contributed by atoms with van der Waals surface area (Å²) in [5, 5.41) is 0. The summed E-state index contributed by atoms with van der Waals surface area (Å²) in [4.78, 5) is 0. The van der Waals surface area contributed by atoms with E-state index in [4.69, 9.17) is 0 Å². The Morgan fingerprint density at radius 2 is 2.23 bits per heavy atom. The van der Waals surface area contributed by atoms with E-state index in [0.29, 0.717) is 0 Å². The average Bonchev–Trinajstić information content (AvgIpc) is 2.45. The molecule has 0 heteroatoms. The molecule has 1 fully saturated rings. The topological polar surface area (TPSA) is 0 Å². The van der Waals surface area contributed by atoms with E-state index in [1.165, 1.54) is 32.1 Å². The van der Waals surface area contributed by atoms with Crippen molar-refractivity contribution >= 4 is 0 Å². The fraction of sp³-hybridized carbons (Fsp3) is 0.769. The summed E-state index contributed by atoms with van der Waals surface area (Å²) in [6.45, 7) is 8.33. The molecule has 0 aliphatic heterocycles. The largest absolute Gasteiger partial charge is 0.133 e. The Labute approximate surface area is 82.7 Å². The van der Waals surface area contributed by atoms with Crippen LogP contribution in [0.2, 0.25) is 0 Å². The quantitative estimate of drug-likeness (QED) is 0.566. The predicted molar refractivity (Wildman–Crippen MR) is 58.6 cm³/mol. The summed E-state index contributed by atoms with van der Waals surface area (Å²) < 4.78 is 0. The Morgan fingerprint density at radius 1 is 1.46 bits per heavy atom. The van der Waals surface area contributed by atoms with Crippen LogP contribution in [0.1, 0.15) is 46.0 Å². The van der Waals surface area contributed by atoms with Crippen molar-refractivity contribution in [3.63, 3.8) is 0 Å². The van der Waals surface area contributed by atoms with Crippen LogP contribution >= 0.6 is 0 Å². The van der Waals surface area contributed by atoms with Crippen LogP contribution in [0.4, 0.5) is 0 Å². The Morgan fingerprint density at radius 3 is 2.85 bits per heavy atom. The molecule has 0 aromatic heterocycles. The molecule has 74 valence electrons. The van der Waals surface area contributed by atoms with Crippen molar-refractivity contribution in [2.24, 2.45) is 17.8 Å². The number of hydrogen-bond donors (Lipinski definition) is 0. The van der Waals surface area contributed by atoms with Crippen LogP contribution in [0.15, 0.2) is 18.4 Å². The van der Waals surface area contributed by atoms with Gasteiger partial charge in [-0.05, 0) is 36.7 Å². The molecule has 0 radical (unpaired) electrons. The molecular weight excluding hydrogens is 156 g/mol. The maximum atomic E-state index is 3.64. The molecule has 0 aromatic rings. The minimum atomic E-state index is 0.911. The number of hydrogen-bond acceptors (Lipinski definition) is 0. The molecule has 1 saturated carbocycles. The van der Waals surface area contributed by atoms with Crippen LogP contribution in [0.3, 0.4) is 0 Å². The molecular formula is C13H22. The molecule has 0 aromatic carbocycles. The molecule has 0 saturated heterocycles. The molecule has 3 atom stereocenters. The molecule has 0 spiro atoms. The zero-order chi connectivity index (χ0) is 9.68. The lowest BCUT2D eigenvalue weighted by Crippen LogP contribution is -2.12. The normalized spacial score (nSPS) is 32.9. The summed E-state index contributed by atoms with van der Waals surface area (Å²) in [5.41, 5.74) is 2.90. The van der Waals surface area contributed by atoms with E-state index >= 15 is 0 Å². The highest BCUT2D eigenvalue weighted by Gasteiger charge is 2.31. The van der Waals surface area contributed by atoms with E-state index in [9.17, 15) is 0 Å². The van der Waals surface area contributed by atoms with E-state index < -0.39 is 0 Å². The molecule has 3 unspecified atom stereocenters. The van der Waals surface area contributed by atoms with Gasteiger partial charge in [0.1, 0.15) is 0 Å². The van der Waals surface area contributed by atoms with Gasteiger partial charge in [-0.2, -0.15) is 0 Å². The summed E-state index contributed by atoms with van der Waals surface area (Å²) in [5.74, 6) is 2.81. The van der Waals surface area contributed by atoms with Gasteiger partial charge in [0.05, 0.1) is 0 Å². The predicted octanol–water partition coefficient (Wildman–Crippen LogP) is 4.18. The highest BCUT2D eigenvalue weighted by molar-refractivity contribution is 4.88. The van der Waals surface area contributed by atoms with Gasteiger partial charge in [0.25, 0.3) is 0 Å². The third-order valence-corrected chi connectivity index (χ3v) is 3.52. The lowest BCUT2D eigenvalue weighted by Gasteiger charge is -2.20. The Hall–Kier alpha value is -0.480. The van der Waals surface area contributed by atoms with Gasteiger partial charge in [0.15, 0.2) is 0 Å². The first-order chi connectivity index (χ1) is 6.29. The van der Waals surface area contributed by atoms with Crippen molar-refractivity contribution in [2.45, 2.75) is 46.0 Å². The monoisotopic (exact) mass is 178 g/mol. The zero-order valence-corrected chi connectivity index (χ0v) is 9.05. The van der Waals surface area contributed by atoms with Gasteiger partial charge in [0.2, 0.25) is 0 Å². The summed E-state index contributed by atoms with van der Waals surface area (Å²) in [6.07, 6.45) is 8.96. The first-order valence-electron chi connectivity index (χ1n) is 5.63. The minimum Gasteiger partial charge on any atom is -0.133 e. The second-order valence-electron chi connectivity index (χ2n) is 4.41. The van der Waals surface area contributed by atoms with Gasteiger partial charge in [-0.15, -0.1) is 5.73 Å². The molecule has 1 aliphatic rings. The van der Waals surface area contributed by atoms with Gasteiger partial charge in [-0.25, -0.2) is 0 Å². The van der Waals surface area contributed by atoms with Gasteiger partial charge in [-0.1, -0.05) is 39.7 Å². The zero-order valence-electron chi connectivity index (χ0n) is 9.05. The smallest absolute Gasteiger partial charge is 0.0241 e. The molecule has 13 heavy (non-hydrogen) atoms. The second kappa shape index (κ2) is 5.29. The van der Waals surface area contributed by atoms with E-state index in [2.05, 4.69) is 32.2 Å². The maximum Gasteiger partial charge on any atom is -0.0241 e. The van der Waals surface area contributed by atoms with Gasteiger partial charge in [-0.3, -0.25) is 0 Å². The molecule has 0 bridgehead atoms. The molecule has 1 rings (SSSR count). The Balaban J connectivity index is 2.49. The van der Waals surface area contributed by atoms with Crippen LogP contribution in [0.25, 0.3) is 0 Å². The van der Waals surface area contributed by atoms with Gasteiger partial charge >= 0.3 is 0 Å². The highest BCUT2D eigenvalue weighted by Crippen LogP contribution is 2.41. The molecule has 0 amide bonds. The van der Waals surface area contributed by atoms with Crippen molar-refractivity contribution in [1.29, 1.82) is 0 Å². The van der Waals surface area contributed by atoms with Crippen molar-refractivity contribution in [2.75, 3.05) is 0 Å². The van der Waals surface area contributed by atoms with E-state index in [1.807, 2.05) is 0 Å². The molecule has 0 nitrogen and oxygen atoms in total. The SMILES string of the molecule is C=C=CCC1C(C)CCC1CCC. The van der Waals surface area contributed by atoms with Crippen LogP contribution < -0.4 is 0 Å². The summed E-state index contributed by atoms with van der Waals surface area (Å²) in [7, 11) is 0. The van der Waals surface area contributed by atoms with E-state index in [-0.39, 0.29) is 0 Å². The van der Waals surface area contributed by atoms with Crippen LogP contribution in [-0.4, -0.2) is 0 Å². The van der Waals surface area contributed by atoms with Crippen molar-refractivity contribution in [3.8, 4) is 0 Å². The molecule has 0 N–H and O–H groups in total. The van der Waals surface area contributed by atoms with Crippen LogP contribution in [0.5, 0.6) is 0 Å². The third kappa shape index (κ3) is 2.74. The second-order valence-corrected chi connectivity index (χ2v) is 4.41. The Kier molecular flexibility index (Phi) is 4.32. The van der Waals surface area contributed by atoms with Crippen molar-refractivity contribution < 1.29 is 0 Å². The lowest BCUT2D eigenvalue weighted by molar-refractivity contribution is 0.312. The summed E-state index contributed by atoms with van der Waals surface area (Å²) in [6, 6.07) is 0. The standard InChI is InChI=1S/C13H22/c1-4-6-8-13-11(3)9-10-12(13)7-5-2/h6,11-13H,1,5,7-10H2,2-3H3. The Bertz CT molecular complexity index is 184. The van der Waals surface area contributed by atoms with E-state index in [0.717, 1.165) is 17.8 Å². The lowest BCUT2D eigenvalue weighted by atomic mass is 9.85. The molecule has 0 heterocycles. The first kappa shape index (κ1) is 10.6. The number of rotatable bonds is 4. The van der Waals surface area contributed by atoms with Crippen molar-refractivity contribution in [1.82, 2.24) is 0 Å². The summed E-state index contributed by atoms with van der Waals surface area (Å²) >= 11 is 0. The molecule has 1 aliphatic carbocycles.